The van der Waals surface area contributed by atoms with Crippen molar-refractivity contribution in [3.8, 4) is 11.5 Å². The number of esters is 1. The van der Waals surface area contributed by atoms with E-state index in [1.807, 2.05) is 0 Å². The molecule has 1 aromatic carbocycles. The number of ether oxygens (including phenoxy) is 3. The number of carbonyl (C=O) groups is 1. The lowest BCUT2D eigenvalue weighted by Crippen LogP contribution is -2.37. The quantitative estimate of drug-likeness (QED) is 0.653. The van der Waals surface area contributed by atoms with Crippen molar-refractivity contribution in [2.24, 2.45) is 0 Å². The van der Waals surface area contributed by atoms with Crippen LogP contribution in [0.15, 0.2) is 23.1 Å². The Balaban J connectivity index is 2.99. The van der Waals surface area contributed by atoms with Crippen LogP contribution in [0.3, 0.4) is 0 Å². The number of aliphatic hydroxyl groups excluding tert-OH is 1. The molecular formula is C12H17NO7S. The zero-order valence-electron chi connectivity index (χ0n) is 11.8. The summed E-state index contributed by atoms with van der Waals surface area (Å²) in [6, 6.07) is 4.25. The Hall–Kier alpha value is -1.84. The lowest BCUT2D eigenvalue weighted by Gasteiger charge is -2.13. The standard InChI is InChI=1S/C12H17NO7S/c1-18-8-4-5-10(19-2)11(6-8)21(16,17)13-7-9(14)12(15)20-3/h4-6,9,13-14H,7H2,1-3H3. The number of nitrogens with one attached hydrogen (secondary N) is 1. The number of carbonyl (C=O) groups excluding carboxylic acids is 1. The molecule has 0 saturated carbocycles. The van der Waals surface area contributed by atoms with Crippen LogP contribution in [-0.2, 0) is 19.6 Å². The van der Waals surface area contributed by atoms with Crippen LogP contribution in [0, 0.1) is 0 Å². The van der Waals surface area contributed by atoms with Gasteiger partial charge in [-0.05, 0) is 12.1 Å². The van der Waals surface area contributed by atoms with Crippen LogP contribution in [0.5, 0.6) is 11.5 Å². The summed E-state index contributed by atoms with van der Waals surface area (Å²) in [5, 5.41) is 9.40. The van der Waals surface area contributed by atoms with E-state index in [1.165, 1.54) is 26.4 Å². The summed E-state index contributed by atoms with van der Waals surface area (Å²) in [4.78, 5) is 10.9. The Morgan fingerprint density at radius 3 is 2.48 bits per heavy atom. The SMILES string of the molecule is COC(=O)C(O)CNS(=O)(=O)c1cc(OC)ccc1OC. The van der Waals surface area contributed by atoms with E-state index in [1.54, 1.807) is 6.07 Å². The molecule has 0 aliphatic carbocycles. The molecular weight excluding hydrogens is 302 g/mol. The molecule has 21 heavy (non-hydrogen) atoms. The van der Waals surface area contributed by atoms with Gasteiger partial charge in [0.2, 0.25) is 10.0 Å². The Morgan fingerprint density at radius 1 is 1.29 bits per heavy atom. The highest BCUT2D eigenvalue weighted by Crippen LogP contribution is 2.27. The summed E-state index contributed by atoms with van der Waals surface area (Å²) in [5.41, 5.74) is 0. The van der Waals surface area contributed by atoms with Gasteiger partial charge in [-0.3, -0.25) is 0 Å². The smallest absolute Gasteiger partial charge is 0.336 e. The molecule has 2 N–H and O–H groups in total. The van der Waals surface area contributed by atoms with Gasteiger partial charge >= 0.3 is 5.97 Å². The lowest BCUT2D eigenvalue weighted by molar-refractivity contribution is -0.149. The van der Waals surface area contributed by atoms with Crippen molar-refractivity contribution in [3.05, 3.63) is 18.2 Å². The van der Waals surface area contributed by atoms with Gasteiger partial charge in [-0.2, -0.15) is 0 Å². The van der Waals surface area contributed by atoms with Crippen molar-refractivity contribution in [2.75, 3.05) is 27.9 Å². The van der Waals surface area contributed by atoms with E-state index in [9.17, 15) is 18.3 Å². The molecule has 118 valence electrons. The highest BCUT2D eigenvalue weighted by Gasteiger charge is 2.23. The summed E-state index contributed by atoms with van der Waals surface area (Å²) in [6.45, 7) is -0.518. The van der Waals surface area contributed by atoms with E-state index < -0.39 is 28.6 Å². The van der Waals surface area contributed by atoms with Gasteiger partial charge in [0.1, 0.15) is 16.4 Å². The molecule has 1 aromatic rings. The predicted molar refractivity (Wildman–Crippen MR) is 72.8 cm³/mol. The van der Waals surface area contributed by atoms with Gasteiger partial charge in [-0.25, -0.2) is 17.9 Å². The fraction of sp³-hybridized carbons (Fsp3) is 0.417. The van der Waals surface area contributed by atoms with Gasteiger partial charge in [0.25, 0.3) is 0 Å². The number of hydrogen-bond acceptors (Lipinski definition) is 7. The molecule has 0 radical (unpaired) electrons. The van der Waals surface area contributed by atoms with Crippen LogP contribution in [0.1, 0.15) is 0 Å². The summed E-state index contributed by atoms with van der Waals surface area (Å²) in [7, 11) is -0.188. The van der Waals surface area contributed by atoms with Gasteiger partial charge in [0.15, 0.2) is 6.10 Å². The first-order valence-electron chi connectivity index (χ1n) is 5.83. The third kappa shape index (κ3) is 4.31. The maximum Gasteiger partial charge on any atom is 0.336 e. The average Bonchev–Trinajstić information content (AvgIpc) is 2.51. The molecule has 0 aromatic heterocycles. The van der Waals surface area contributed by atoms with Crippen LogP contribution in [0.25, 0.3) is 0 Å². The van der Waals surface area contributed by atoms with Crippen molar-refractivity contribution in [1.82, 2.24) is 4.72 Å². The summed E-state index contributed by atoms with van der Waals surface area (Å²) < 4.78 is 40.7. The third-order valence-electron chi connectivity index (χ3n) is 2.60. The largest absolute Gasteiger partial charge is 0.497 e. The minimum atomic E-state index is -4.00. The maximum atomic E-state index is 12.2. The van der Waals surface area contributed by atoms with Gasteiger partial charge in [-0.1, -0.05) is 0 Å². The number of benzene rings is 1. The third-order valence-corrected chi connectivity index (χ3v) is 4.05. The second-order valence-corrected chi connectivity index (χ2v) is 5.64. The molecule has 0 aliphatic rings. The van der Waals surface area contributed by atoms with E-state index in [0.29, 0.717) is 5.75 Å². The fourth-order valence-corrected chi connectivity index (χ4v) is 2.70. The van der Waals surface area contributed by atoms with Crippen molar-refractivity contribution >= 4 is 16.0 Å². The van der Waals surface area contributed by atoms with Crippen LogP contribution in [-0.4, -0.2) is 53.5 Å². The van der Waals surface area contributed by atoms with E-state index in [4.69, 9.17) is 9.47 Å². The first-order chi connectivity index (χ1) is 9.85. The predicted octanol–water partition coefficient (Wildman–Crippen LogP) is -0.484. The Bertz CT molecular complexity index is 600. The Kier molecular flexibility index (Phi) is 5.94. The van der Waals surface area contributed by atoms with Gasteiger partial charge < -0.3 is 19.3 Å². The van der Waals surface area contributed by atoms with E-state index in [0.717, 1.165) is 7.11 Å². The molecule has 0 aliphatic heterocycles. The van der Waals surface area contributed by atoms with Crippen LogP contribution < -0.4 is 14.2 Å². The number of hydrogen-bond donors (Lipinski definition) is 2. The Labute approximate surface area is 122 Å². The molecule has 0 bridgehead atoms. The van der Waals surface area contributed by atoms with Crippen LogP contribution in [0.2, 0.25) is 0 Å². The number of methoxy groups -OCH3 is 3. The van der Waals surface area contributed by atoms with E-state index in [-0.39, 0.29) is 10.6 Å². The minimum Gasteiger partial charge on any atom is -0.497 e. The van der Waals surface area contributed by atoms with E-state index >= 15 is 0 Å². The molecule has 1 atom stereocenters. The molecule has 9 heteroatoms. The number of sulfonamides is 1. The lowest BCUT2D eigenvalue weighted by atomic mass is 10.3. The van der Waals surface area contributed by atoms with Crippen LogP contribution >= 0.6 is 0 Å². The van der Waals surface area contributed by atoms with Crippen molar-refractivity contribution in [2.45, 2.75) is 11.0 Å². The Morgan fingerprint density at radius 2 is 1.95 bits per heavy atom. The van der Waals surface area contributed by atoms with Gasteiger partial charge in [0.05, 0.1) is 21.3 Å². The molecule has 1 rings (SSSR count). The minimum absolute atomic E-state index is 0.107. The number of rotatable bonds is 7. The molecule has 0 amide bonds. The van der Waals surface area contributed by atoms with Gasteiger partial charge in [-0.15, -0.1) is 0 Å². The molecule has 0 spiro atoms. The average molecular weight is 319 g/mol. The molecule has 1 unspecified atom stereocenters. The fourth-order valence-electron chi connectivity index (χ4n) is 1.48. The topological polar surface area (TPSA) is 111 Å². The molecule has 0 heterocycles. The maximum absolute atomic E-state index is 12.2. The first kappa shape index (κ1) is 17.2. The molecule has 8 nitrogen and oxygen atoms in total. The second-order valence-electron chi connectivity index (χ2n) is 3.91. The second kappa shape index (κ2) is 7.25. The number of aliphatic hydroxyl groups is 1. The summed E-state index contributed by atoms with van der Waals surface area (Å²) in [6.07, 6.45) is -1.60. The highest BCUT2D eigenvalue weighted by molar-refractivity contribution is 7.89. The van der Waals surface area contributed by atoms with Crippen LogP contribution in [0.4, 0.5) is 0 Å². The van der Waals surface area contributed by atoms with Crippen molar-refractivity contribution in [3.63, 3.8) is 0 Å². The molecule has 0 saturated heterocycles. The monoisotopic (exact) mass is 319 g/mol. The summed E-state index contributed by atoms with van der Waals surface area (Å²) >= 11 is 0. The van der Waals surface area contributed by atoms with E-state index in [2.05, 4.69) is 9.46 Å². The normalized spacial score (nSPS) is 12.6. The highest BCUT2D eigenvalue weighted by atomic mass is 32.2. The first-order valence-corrected chi connectivity index (χ1v) is 7.31. The van der Waals surface area contributed by atoms with Crippen molar-refractivity contribution in [1.29, 1.82) is 0 Å². The van der Waals surface area contributed by atoms with Crippen molar-refractivity contribution < 1.29 is 32.5 Å². The molecule has 0 fully saturated rings. The van der Waals surface area contributed by atoms with Gasteiger partial charge in [0, 0.05) is 12.6 Å². The summed E-state index contributed by atoms with van der Waals surface area (Å²) in [5.74, 6) is -0.504. The zero-order valence-corrected chi connectivity index (χ0v) is 12.6. The zero-order chi connectivity index (χ0) is 16.0.